The molecule has 0 atom stereocenters. The minimum absolute atomic E-state index is 0.132. The Labute approximate surface area is 180 Å². The summed E-state index contributed by atoms with van der Waals surface area (Å²) in [6, 6.07) is 9.03. The molecule has 0 amide bonds. The van der Waals surface area contributed by atoms with Crippen LogP contribution >= 0.6 is 34.8 Å². The molecule has 0 aliphatic heterocycles. The van der Waals surface area contributed by atoms with Gasteiger partial charge in [-0.15, -0.1) is 0 Å². The van der Waals surface area contributed by atoms with Crippen molar-refractivity contribution in [2.75, 3.05) is 32.8 Å². The number of halogens is 3. The van der Waals surface area contributed by atoms with Gasteiger partial charge in [0.1, 0.15) is 6.61 Å². The van der Waals surface area contributed by atoms with Crippen LogP contribution in [0.25, 0.3) is 0 Å². The van der Waals surface area contributed by atoms with Crippen LogP contribution in [0, 0.1) is 0 Å². The van der Waals surface area contributed by atoms with Gasteiger partial charge in [-0.3, -0.25) is 0 Å². The van der Waals surface area contributed by atoms with Gasteiger partial charge in [-0.2, -0.15) is 0 Å². The Kier molecular flexibility index (Phi) is 10.2. The van der Waals surface area contributed by atoms with Gasteiger partial charge >= 0.3 is 0 Å². The van der Waals surface area contributed by atoms with Crippen LogP contribution in [0.15, 0.2) is 30.3 Å². The largest absolute Gasteiger partial charge is 0.490 e. The van der Waals surface area contributed by atoms with Crippen LogP contribution in [0.4, 0.5) is 0 Å². The molecule has 8 heteroatoms. The molecule has 154 valence electrons. The summed E-state index contributed by atoms with van der Waals surface area (Å²) in [6.45, 7) is 5.60. The van der Waals surface area contributed by atoms with Crippen molar-refractivity contribution >= 4 is 34.8 Å². The van der Waals surface area contributed by atoms with Gasteiger partial charge in [0, 0.05) is 37.3 Å². The molecule has 5 nitrogen and oxygen atoms in total. The third-order valence-corrected chi connectivity index (χ3v) is 4.96. The average Bonchev–Trinajstić information content (AvgIpc) is 2.68. The minimum Gasteiger partial charge on any atom is -0.490 e. The van der Waals surface area contributed by atoms with Crippen LogP contribution in [0.5, 0.6) is 11.5 Å². The zero-order valence-electron chi connectivity index (χ0n) is 15.7. The predicted octanol–water partition coefficient (Wildman–Crippen LogP) is 4.30. The van der Waals surface area contributed by atoms with E-state index in [1.165, 1.54) is 0 Å². The summed E-state index contributed by atoms with van der Waals surface area (Å²) in [5, 5.41) is 16.8. The standard InChI is InChI=1S/C20H25Cl3N2O3/c1-2-27-19-10-15(12-25-6-5-24-7-8-26)17(22)11-20(19)28-13-14-3-4-16(21)18(23)9-14/h3-4,9-11,24-26H,2,5-8,12-13H2,1H3. The SMILES string of the molecule is CCOc1cc(CNCCNCCO)c(Cl)cc1OCc1ccc(Cl)c(Cl)c1. The van der Waals surface area contributed by atoms with E-state index in [0.717, 1.165) is 24.2 Å². The van der Waals surface area contributed by atoms with Crippen molar-refractivity contribution in [3.8, 4) is 11.5 Å². The third-order valence-electron chi connectivity index (χ3n) is 3.87. The molecule has 0 saturated heterocycles. The van der Waals surface area contributed by atoms with Crippen molar-refractivity contribution in [3.63, 3.8) is 0 Å². The van der Waals surface area contributed by atoms with Gasteiger partial charge in [0.2, 0.25) is 0 Å². The van der Waals surface area contributed by atoms with Crippen molar-refractivity contribution < 1.29 is 14.6 Å². The number of ether oxygens (including phenoxy) is 2. The summed E-state index contributed by atoms with van der Waals surface area (Å²) in [5.41, 5.74) is 1.82. The molecule has 0 unspecified atom stereocenters. The maximum Gasteiger partial charge on any atom is 0.163 e. The number of nitrogens with one attached hydrogen (secondary N) is 2. The first-order valence-corrected chi connectivity index (χ1v) is 10.2. The van der Waals surface area contributed by atoms with Gasteiger partial charge in [-0.25, -0.2) is 0 Å². The van der Waals surface area contributed by atoms with Gasteiger partial charge < -0.3 is 25.2 Å². The molecule has 2 rings (SSSR count). The molecule has 2 aromatic rings. The van der Waals surface area contributed by atoms with Crippen LogP contribution < -0.4 is 20.1 Å². The molecule has 0 aliphatic carbocycles. The van der Waals surface area contributed by atoms with Crippen molar-refractivity contribution in [3.05, 3.63) is 56.5 Å². The lowest BCUT2D eigenvalue weighted by atomic mass is 10.2. The second-order valence-electron chi connectivity index (χ2n) is 6.01. The fourth-order valence-electron chi connectivity index (χ4n) is 2.49. The topological polar surface area (TPSA) is 62.8 Å². The lowest BCUT2D eigenvalue weighted by Gasteiger charge is -2.15. The quantitative estimate of drug-likeness (QED) is 0.424. The highest BCUT2D eigenvalue weighted by atomic mass is 35.5. The second-order valence-corrected chi connectivity index (χ2v) is 7.23. The maximum absolute atomic E-state index is 8.75. The van der Waals surface area contributed by atoms with Gasteiger partial charge in [-0.05, 0) is 36.2 Å². The van der Waals surface area contributed by atoms with E-state index in [1.807, 2.05) is 19.1 Å². The monoisotopic (exact) mass is 446 g/mol. The molecule has 3 N–H and O–H groups in total. The Morgan fingerprint density at radius 3 is 2.32 bits per heavy atom. The van der Waals surface area contributed by atoms with Crippen LogP contribution in [-0.4, -0.2) is 38.0 Å². The van der Waals surface area contributed by atoms with Crippen molar-refractivity contribution in [1.82, 2.24) is 10.6 Å². The molecule has 0 aromatic heterocycles. The van der Waals surface area contributed by atoms with Gasteiger partial charge in [0.15, 0.2) is 11.5 Å². The van der Waals surface area contributed by atoms with E-state index in [1.54, 1.807) is 18.2 Å². The van der Waals surface area contributed by atoms with Crippen LogP contribution in [0.1, 0.15) is 18.1 Å². The number of aliphatic hydroxyl groups is 1. The highest BCUT2D eigenvalue weighted by Crippen LogP contribution is 2.34. The predicted molar refractivity (Wildman–Crippen MR) is 115 cm³/mol. The fraction of sp³-hybridized carbons (Fsp3) is 0.400. The molecule has 0 saturated carbocycles. The Balaban J connectivity index is 2.01. The van der Waals surface area contributed by atoms with Crippen molar-refractivity contribution in [1.29, 1.82) is 0 Å². The van der Waals surface area contributed by atoms with E-state index in [0.29, 0.717) is 52.9 Å². The zero-order valence-corrected chi connectivity index (χ0v) is 18.0. The molecule has 0 aliphatic rings. The Hall–Kier alpha value is -1.21. The molecule has 2 aromatic carbocycles. The number of rotatable bonds is 12. The number of aliphatic hydroxyl groups excluding tert-OH is 1. The summed E-state index contributed by atoms with van der Waals surface area (Å²) in [6.07, 6.45) is 0. The number of hydrogen-bond donors (Lipinski definition) is 3. The molecule has 0 fully saturated rings. The molecule has 0 radical (unpaired) electrons. The summed E-state index contributed by atoms with van der Waals surface area (Å²) in [5.74, 6) is 1.22. The van der Waals surface area contributed by atoms with E-state index in [2.05, 4.69) is 10.6 Å². The highest BCUT2D eigenvalue weighted by molar-refractivity contribution is 6.42. The smallest absolute Gasteiger partial charge is 0.163 e. The Bertz CT molecular complexity index is 760. The van der Waals surface area contributed by atoms with Crippen LogP contribution in [0.3, 0.4) is 0 Å². The van der Waals surface area contributed by atoms with Gasteiger partial charge in [0.05, 0.1) is 23.3 Å². The van der Waals surface area contributed by atoms with Crippen LogP contribution in [-0.2, 0) is 13.2 Å². The first kappa shape index (κ1) is 23.1. The van der Waals surface area contributed by atoms with E-state index >= 15 is 0 Å². The second kappa shape index (κ2) is 12.4. The number of hydrogen-bond acceptors (Lipinski definition) is 5. The minimum atomic E-state index is 0.132. The summed E-state index contributed by atoms with van der Waals surface area (Å²) >= 11 is 18.4. The van der Waals surface area contributed by atoms with E-state index < -0.39 is 0 Å². The third kappa shape index (κ3) is 7.32. The van der Waals surface area contributed by atoms with Gasteiger partial charge in [-0.1, -0.05) is 40.9 Å². The van der Waals surface area contributed by atoms with Gasteiger partial charge in [0.25, 0.3) is 0 Å². The summed E-state index contributed by atoms with van der Waals surface area (Å²) in [7, 11) is 0. The lowest BCUT2D eigenvalue weighted by molar-refractivity contribution is 0.269. The van der Waals surface area contributed by atoms with Crippen molar-refractivity contribution in [2.24, 2.45) is 0 Å². The maximum atomic E-state index is 8.75. The van der Waals surface area contributed by atoms with Crippen LogP contribution in [0.2, 0.25) is 15.1 Å². The number of benzene rings is 2. The molecule has 0 spiro atoms. The molecule has 28 heavy (non-hydrogen) atoms. The normalized spacial score (nSPS) is 10.9. The van der Waals surface area contributed by atoms with E-state index in [9.17, 15) is 0 Å². The zero-order chi connectivity index (χ0) is 20.4. The Morgan fingerprint density at radius 2 is 1.61 bits per heavy atom. The summed E-state index contributed by atoms with van der Waals surface area (Å²) in [4.78, 5) is 0. The fourth-order valence-corrected chi connectivity index (χ4v) is 3.03. The first-order chi connectivity index (χ1) is 13.5. The summed E-state index contributed by atoms with van der Waals surface area (Å²) < 4.78 is 11.6. The first-order valence-electron chi connectivity index (χ1n) is 9.09. The molecular formula is C20H25Cl3N2O3. The van der Waals surface area contributed by atoms with E-state index in [4.69, 9.17) is 49.4 Å². The molecule has 0 bridgehead atoms. The molecular weight excluding hydrogens is 423 g/mol. The van der Waals surface area contributed by atoms with Crippen molar-refractivity contribution in [2.45, 2.75) is 20.1 Å². The lowest BCUT2D eigenvalue weighted by Crippen LogP contribution is -2.28. The highest BCUT2D eigenvalue weighted by Gasteiger charge is 2.12. The molecule has 0 heterocycles. The Morgan fingerprint density at radius 1 is 0.857 bits per heavy atom. The van der Waals surface area contributed by atoms with E-state index in [-0.39, 0.29) is 6.61 Å². The average molecular weight is 448 g/mol.